The third-order valence-electron chi connectivity index (χ3n) is 5.04. The first-order chi connectivity index (χ1) is 9.54. The van der Waals surface area contributed by atoms with Gasteiger partial charge in [-0.15, -0.1) is 0 Å². The maximum absolute atomic E-state index is 13.9. The van der Waals surface area contributed by atoms with Crippen molar-refractivity contribution in [3.63, 3.8) is 0 Å². The Morgan fingerprint density at radius 2 is 2.05 bits per heavy atom. The summed E-state index contributed by atoms with van der Waals surface area (Å²) in [6.45, 7) is 4.32. The Balaban J connectivity index is 2.13. The monoisotopic (exact) mass is 278 g/mol. The van der Waals surface area contributed by atoms with Gasteiger partial charge in [-0.05, 0) is 45.2 Å². The predicted octanol–water partition coefficient (Wildman–Crippen LogP) is 3.72. The molecule has 4 atom stereocenters. The zero-order chi connectivity index (χ0) is 14.7. The van der Waals surface area contributed by atoms with Crippen LogP contribution in [0.5, 0.6) is 0 Å². The van der Waals surface area contributed by atoms with E-state index in [1.807, 2.05) is 12.1 Å². The first kappa shape index (κ1) is 15.5. The van der Waals surface area contributed by atoms with Crippen LogP contribution in [0.4, 0.5) is 4.39 Å². The van der Waals surface area contributed by atoms with Gasteiger partial charge in [0, 0.05) is 23.7 Å². The van der Waals surface area contributed by atoms with E-state index in [1.54, 1.807) is 6.07 Å². The lowest BCUT2D eigenvalue weighted by molar-refractivity contribution is 0.101. The van der Waals surface area contributed by atoms with E-state index in [1.165, 1.54) is 18.9 Å². The fourth-order valence-corrected chi connectivity index (χ4v) is 3.41. The fourth-order valence-electron chi connectivity index (χ4n) is 3.41. The maximum Gasteiger partial charge on any atom is 0.127 e. The zero-order valence-corrected chi connectivity index (χ0v) is 12.8. The van der Waals surface area contributed by atoms with Gasteiger partial charge in [-0.25, -0.2) is 4.39 Å². The van der Waals surface area contributed by atoms with Crippen molar-refractivity contribution in [3.8, 4) is 0 Å². The van der Waals surface area contributed by atoms with E-state index in [0.29, 0.717) is 6.04 Å². The highest BCUT2D eigenvalue weighted by Crippen LogP contribution is 2.33. The molecule has 0 heterocycles. The van der Waals surface area contributed by atoms with E-state index in [2.05, 4.69) is 25.8 Å². The molecule has 0 aliphatic heterocycles. The summed E-state index contributed by atoms with van der Waals surface area (Å²) in [5, 5.41) is 0. The summed E-state index contributed by atoms with van der Waals surface area (Å²) in [5.41, 5.74) is 7.08. The van der Waals surface area contributed by atoms with E-state index in [9.17, 15) is 4.39 Å². The summed E-state index contributed by atoms with van der Waals surface area (Å²) in [6.07, 6.45) is 4.66. The third kappa shape index (κ3) is 3.21. The van der Waals surface area contributed by atoms with Crippen LogP contribution >= 0.6 is 0 Å². The third-order valence-corrected chi connectivity index (χ3v) is 5.04. The Hall–Kier alpha value is -0.930. The van der Waals surface area contributed by atoms with Crippen molar-refractivity contribution in [2.75, 3.05) is 7.05 Å². The summed E-state index contributed by atoms with van der Waals surface area (Å²) < 4.78 is 13.9. The summed E-state index contributed by atoms with van der Waals surface area (Å²) in [4.78, 5) is 2.27. The molecule has 0 saturated heterocycles. The average molecular weight is 278 g/mol. The SMILES string of the molecule is CCC1CCC(N)C(N(C)C(C)c2ccccc2F)C1. The molecule has 4 unspecified atom stereocenters. The Bertz CT molecular complexity index is 435. The lowest BCUT2D eigenvalue weighted by Crippen LogP contribution is -2.50. The van der Waals surface area contributed by atoms with Gasteiger partial charge in [0.05, 0.1) is 0 Å². The Morgan fingerprint density at radius 1 is 1.35 bits per heavy atom. The minimum Gasteiger partial charge on any atom is -0.326 e. The molecule has 1 aromatic rings. The molecule has 1 aromatic carbocycles. The average Bonchev–Trinajstić information content (AvgIpc) is 2.47. The van der Waals surface area contributed by atoms with Gasteiger partial charge in [0.15, 0.2) is 0 Å². The topological polar surface area (TPSA) is 29.3 Å². The molecular weight excluding hydrogens is 251 g/mol. The van der Waals surface area contributed by atoms with Crippen molar-refractivity contribution in [2.45, 2.75) is 57.7 Å². The Morgan fingerprint density at radius 3 is 2.70 bits per heavy atom. The van der Waals surface area contributed by atoms with Gasteiger partial charge < -0.3 is 5.73 Å². The van der Waals surface area contributed by atoms with Gasteiger partial charge in [0.25, 0.3) is 0 Å². The van der Waals surface area contributed by atoms with E-state index in [-0.39, 0.29) is 17.9 Å². The molecule has 20 heavy (non-hydrogen) atoms. The summed E-state index contributed by atoms with van der Waals surface area (Å²) in [7, 11) is 2.08. The predicted molar refractivity (Wildman–Crippen MR) is 82.0 cm³/mol. The number of hydrogen-bond acceptors (Lipinski definition) is 2. The van der Waals surface area contributed by atoms with Crippen molar-refractivity contribution in [1.29, 1.82) is 0 Å². The van der Waals surface area contributed by atoms with E-state index in [4.69, 9.17) is 5.73 Å². The number of likely N-dealkylation sites (N-methyl/N-ethyl adjacent to an activating group) is 1. The lowest BCUT2D eigenvalue weighted by atomic mass is 9.80. The number of hydrogen-bond donors (Lipinski definition) is 1. The van der Waals surface area contributed by atoms with Crippen molar-refractivity contribution in [3.05, 3.63) is 35.6 Å². The first-order valence-electron chi connectivity index (χ1n) is 7.76. The zero-order valence-electron chi connectivity index (χ0n) is 12.8. The molecular formula is C17H27FN2. The van der Waals surface area contributed by atoms with Gasteiger partial charge in [-0.2, -0.15) is 0 Å². The van der Waals surface area contributed by atoms with Crippen LogP contribution in [-0.4, -0.2) is 24.0 Å². The number of benzene rings is 1. The highest BCUT2D eigenvalue weighted by Gasteiger charge is 2.32. The van der Waals surface area contributed by atoms with Crippen LogP contribution in [0.1, 0.15) is 51.1 Å². The molecule has 2 nitrogen and oxygen atoms in total. The van der Waals surface area contributed by atoms with Crippen LogP contribution in [0, 0.1) is 11.7 Å². The molecule has 112 valence electrons. The van der Waals surface area contributed by atoms with Crippen LogP contribution in [0.3, 0.4) is 0 Å². The molecule has 2 N–H and O–H groups in total. The quantitative estimate of drug-likeness (QED) is 0.909. The normalized spacial score (nSPS) is 28.6. The molecule has 1 aliphatic carbocycles. The van der Waals surface area contributed by atoms with E-state index < -0.39 is 0 Å². The lowest BCUT2D eigenvalue weighted by Gasteiger charge is -2.42. The van der Waals surface area contributed by atoms with Crippen LogP contribution in [0.25, 0.3) is 0 Å². The van der Waals surface area contributed by atoms with Crippen molar-refractivity contribution >= 4 is 0 Å². The van der Waals surface area contributed by atoms with Gasteiger partial charge in [-0.3, -0.25) is 4.90 Å². The van der Waals surface area contributed by atoms with Gasteiger partial charge in [-0.1, -0.05) is 31.5 Å². The number of nitrogens with zero attached hydrogens (tertiary/aromatic N) is 1. The molecule has 3 heteroatoms. The Labute approximate surface area is 122 Å². The molecule has 0 bridgehead atoms. The summed E-state index contributed by atoms with van der Waals surface area (Å²) in [6, 6.07) is 7.67. The van der Waals surface area contributed by atoms with Gasteiger partial charge >= 0.3 is 0 Å². The molecule has 0 amide bonds. The number of rotatable bonds is 4. The standard InChI is InChI=1S/C17H27FN2/c1-4-13-9-10-16(19)17(11-13)20(3)12(2)14-7-5-6-8-15(14)18/h5-8,12-13,16-17H,4,9-11,19H2,1-3H3. The minimum absolute atomic E-state index is 0.0582. The van der Waals surface area contributed by atoms with Crippen LogP contribution in [0.15, 0.2) is 24.3 Å². The highest BCUT2D eigenvalue weighted by atomic mass is 19.1. The summed E-state index contributed by atoms with van der Waals surface area (Å²) >= 11 is 0. The number of nitrogens with two attached hydrogens (primary N) is 1. The second-order valence-electron chi connectivity index (χ2n) is 6.18. The van der Waals surface area contributed by atoms with Gasteiger partial charge in [0.1, 0.15) is 5.82 Å². The van der Waals surface area contributed by atoms with E-state index >= 15 is 0 Å². The second-order valence-corrected chi connectivity index (χ2v) is 6.18. The summed E-state index contributed by atoms with van der Waals surface area (Å²) in [5.74, 6) is 0.637. The Kier molecular flexibility index (Phi) is 5.17. The van der Waals surface area contributed by atoms with Gasteiger partial charge in [0.2, 0.25) is 0 Å². The smallest absolute Gasteiger partial charge is 0.127 e. The molecule has 1 aliphatic rings. The molecule has 0 aromatic heterocycles. The molecule has 1 saturated carbocycles. The number of halogens is 1. The maximum atomic E-state index is 13.9. The largest absolute Gasteiger partial charge is 0.326 e. The van der Waals surface area contributed by atoms with Crippen molar-refractivity contribution in [1.82, 2.24) is 4.90 Å². The fraction of sp³-hybridized carbons (Fsp3) is 0.647. The highest BCUT2D eigenvalue weighted by molar-refractivity contribution is 5.21. The van der Waals surface area contributed by atoms with E-state index in [0.717, 1.165) is 24.3 Å². The van der Waals surface area contributed by atoms with Crippen LogP contribution < -0.4 is 5.73 Å². The molecule has 1 fully saturated rings. The van der Waals surface area contributed by atoms with Crippen molar-refractivity contribution in [2.24, 2.45) is 11.7 Å². The molecule has 0 radical (unpaired) electrons. The first-order valence-corrected chi connectivity index (χ1v) is 7.76. The van der Waals surface area contributed by atoms with Crippen LogP contribution in [-0.2, 0) is 0 Å². The molecule has 2 rings (SSSR count). The van der Waals surface area contributed by atoms with Crippen LogP contribution in [0.2, 0.25) is 0 Å². The van der Waals surface area contributed by atoms with Crippen molar-refractivity contribution < 1.29 is 4.39 Å². The minimum atomic E-state index is -0.122. The second kappa shape index (κ2) is 6.68. The molecule has 0 spiro atoms.